The van der Waals surface area contributed by atoms with E-state index >= 15 is 0 Å². The van der Waals surface area contributed by atoms with Crippen molar-refractivity contribution < 1.29 is 28.5 Å². The van der Waals surface area contributed by atoms with Crippen LogP contribution >= 0.6 is 0 Å². The van der Waals surface area contributed by atoms with Gasteiger partial charge in [-0.1, -0.05) is 0 Å². The Bertz CT molecular complexity index is 932. The van der Waals surface area contributed by atoms with Gasteiger partial charge in [0.15, 0.2) is 0 Å². The van der Waals surface area contributed by atoms with Gasteiger partial charge in [-0.2, -0.15) is 5.10 Å². The highest BCUT2D eigenvalue weighted by Crippen LogP contribution is 2.28. The van der Waals surface area contributed by atoms with Crippen molar-refractivity contribution in [1.82, 2.24) is 9.78 Å². The molecule has 0 saturated heterocycles. The molecule has 1 aliphatic heterocycles. The van der Waals surface area contributed by atoms with E-state index in [1.54, 1.807) is 40.0 Å². The number of esters is 2. The molecule has 0 N–H and O–H groups in total. The molecular weight excluding hydrogens is 378 g/mol. The number of carbonyl (C=O) groups is 2. The molecule has 1 aliphatic rings. The fourth-order valence-electron chi connectivity index (χ4n) is 2.92. The average Bonchev–Trinajstić information content (AvgIpc) is 3.08. The summed E-state index contributed by atoms with van der Waals surface area (Å²) in [6.07, 6.45) is 1.77. The molecule has 0 aliphatic carbocycles. The summed E-state index contributed by atoms with van der Waals surface area (Å²) in [5.74, 6) is -0.616. The number of hydrogen-bond donors (Lipinski definition) is 0. The number of hydrogen-bond acceptors (Lipinski definition) is 8. The molecule has 3 rings (SSSR count). The first-order valence-corrected chi connectivity index (χ1v) is 8.91. The van der Waals surface area contributed by atoms with Crippen molar-refractivity contribution in [3.63, 3.8) is 0 Å². The summed E-state index contributed by atoms with van der Waals surface area (Å²) in [5, 5.41) is 4.19. The number of aromatic nitrogens is 2. The molecule has 0 unspecified atom stereocenters. The first-order chi connectivity index (χ1) is 14.0. The molecular formula is C20H23N3O6. The third kappa shape index (κ3) is 4.24. The van der Waals surface area contributed by atoms with Gasteiger partial charge in [-0.15, -0.1) is 0 Å². The number of ether oxygens (including phenoxy) is 4. The maximum Gasteiger partial charge on any atom is 0.355 e. The van der Waals surface area contributed by atoms with Gasteiger partial charge in [-0.05, 0) is 31.2 Å². The molecule has 1 aromatic carbocycles. The Balaban J connectivity index is 1.81. The SMILES string of the molecule is COC(=O)C1=C(C(=O)OC)N(c2ccc(OCc3cnn(C)c3C)cc2)COC1. The van der Waals surface area contributed by atoms with Crippen LogP contribution in [0.15, 0.2) is 41.7 Å². The van der Waals surface area contributed by atoms with Crippen LogP contribution in [0.3, 0.4) is 0 Å². The number of rotatable bonds is 6. The van der Waals surface area contributed by atoms with Crippen LogP contribution in [0, 0.1) is 6.92 Å². The summed E-state index contributed by atoms with van der Waals surface area (Å²) in [6.45, 7) is 2.44. The zero-order valence-electron chi connectivity index (χ0n) is 16.8. The second kappa shape index (κ2) is 8.78. The van der Waals surface area contributed by atoms with E-state index in [0.29, 0.717) is 18.0 Å². The van der Waals surface area contributed by atoms with Crippen molar-refractivity contribution >= 4 is 17.6 Å². The quantitative estimate of drug-likeness (QED) is 0.676. The Morgan fingerprint density at radius 3 is 2.41 bits per heavy atom. The summed E-state index contributed by atoms with van der Waals surface area (Å²) >= 11 is 0. The van der Waals surface area contributed by atoms with Gasteiger partial charge in [0.1, 0.15) is 24.8 Å². The van der Waals surface area contributed by atoms with Gasteiger partial charge >= 0.3 is 11.9 Å². The van der Waals surface area contributed by atoms with Gasteiger partial charge in [-0.25, -0.2) is 9.59 Å². The molecule has 0 saturated carbocycles. The summed E-state index contributed by atoms with van der Waals surface area (Å²) < 4.78 is 22.7. The minimum absolute atomic E-state index is 0.0285. The second-order valence-corrected chi connectivity index (χ2v) is 6.38. The van der Waals surface area contributed by atoms with Crippen LogP contribution in [0.5, 0.6) is 5.75 Å². The number of methoxy groups -OCH3 is 2. The third-order valence-electron chi connectivity index (χ3n) is 4.71. The lowest BCUT2D eigenvalue weighted by Crippen LogP contribution is -2.38. The Morgan fingerprint density at radius 2 is 1.83 bits per heavy atom. The van der Waals surface area contributed by atoms with Crippen LogP contribution in [0.1, 0.15) is 11.3 Å². The maximum absolute atomic E-state index is 12.3. The fraction of sp³-hybridized carbons (Fsp3) is 0.350. The van der Waals surface area contributed by atoms with E-state index in [2.05, 4.69) is 5.10 Å². The van der Waals surface area contributed by atoms with Crippen LogP contribution in [0.4, 0.5) is 5.69 Å². The van der Waals surface area contributed by atoms with Crippen LogP contribution in [-0.4, -0.2) is 49.3 Å². The van der Waals surface area contributed by atoms with Gasteiger partial charge in [0, 0.05) is 24.0 Å². The first-order valence-electron chi connectivity index (χ1n) is 8.91. The highest BCUT2D eigenvalue weighted by atomic mass is 16.5. The van der Waals surface area contributed by atoms with E-state index in [1.807, 2.05) is 14.0 Å². The van der Waals surface area contributed by atoms with E-state index in [1.165, 1.54) is 14.2 Å². The van der Waals surface area contributed by atoms with Crippen molar-refractivity contribution in [2.75, 3.05) is 32.5 Å². The molecule has 0 spiro atoms. The largest absolute Gasteiger partial charge is 0.489 e. The zero-order chi connectivity index (χ0) is 21.0. The standard InChI is InChI=1S/C20H23N3O6/c1-13-14(9-21-22(13)2)10-29-16-7-5-15(6-8-16)23-12-28-11-17(19(24)26-3)18(23)20(25)27-4/h5-9H,10-12H2,1-4H3. The minimum atomic E-state index is -0.638. The Hall–Kier alpha value is -3.33. The smallest absolute Gasteiger partial charge is 0.355 e. The number of benzene rings is 1. The van der Waals surface area contributed by atoms with E-state index in [-0.39, 0.29) is 24.6 Å². The minimum Gasteiger partial charge on any atom is -0.489 e. The lowest BCUT2D eigenvalue weighted by molar-refractivity contribution is -0.140. The molecule has 1 aromatic heterocycles. The number of carbonyl (C=O) groups excluding carboxylic acids is 2. The fourth-order valence-corrected chi connectivity index (χ4v) is 2.92. The molecule has 9 heteroatoms. The topological polar surface area (TPSA) is 92.1 Å². The van der Waals surface area contributed by atoms with Gasteiger partial charge in [0.25, 0.3) is 0 Å². The van der Waals surface area contributed by atoms with Crippen LogP contribution < -0.4 is 9.64 Å². The second-order valence-electron chi connectivity index (χ2n) is 6.38. The van der Waals surface area contributed by atoms with Gasteiger partial charge < -0.3 is 23.8 Å². The number of aryl methyl sites for hydroxylation is 1. The van der Waals surface area contributed by atoms with E-state index in [9.17, 15) is 9.59 Å². The Morgan fingerprint density at radius 1 is 1.14 bits per heavy atom. The lowest BCUT2D eigenvalue weighted by atomic mass is 10.1. The van der Waals surface area contributed by atoms with E-state index < -0.39 is 11.9 Å². The maximum atomic E-state index is 12.3. The summed E-state index contributed by atoms with van der Waals surface area (Å²) in [7, 11) is 4.39. The molecule has 2 heterocycles. The predicted octanol–water partition coefficient (Wildman–Crippen LogP) is 1.70. The highest BCUT2D eigenvalue weighted by Gasteiger charge is 2.32. The van der Waals surface area contributed by atoms with Gasteiger partial charge in [-0.3, -0.25) is 4.68 Å². The Kier molecular flexibility index (Phi) is 6.18. The zero-order valence-corrected chi connectivity index (χ0v) is 16.8. The predicted molar refractivity (Wildman–Crippen MR) is 103 cm³/mol. The molecule has 0 fully saturated rings. The molecule has 29 heavy (non-hydrogen) atoms. The van der Waals surface area contributed by atoms with Crippen molar-refractivity contribution in [3.05, 3.63) is 53.0 Å². The van der Waals surface area contributed by atoms with Crippen LogP contribution in [0.2, 0.25) is 0 Å². The summed E-state index contributed by atoms with van der Waals surface area (Å²) in [6, 6.07) is 7.11. The van der Waals surface area contributed by atoms with Crippen molar-refractivity contribution in [2.45, 2.75) is 13.5 Å². The Labute approximate surface area is 168 Å². The average molecular weight is 401 g/mol. The molecule has 0 atom stereocenters. The molecule has 9 nitrogen and oxygen atoms in total. The molecule has 2 aromatic rings. The van der Waals surface area contributed by atoms with Crippen molar-refractivity contribution in [2.24, 2.45) is 7.05 Å². The van der Waals surface area contributed by atoms with E-state index in [4.69, 9.17) is 18.9 Å². The highest BCUT2D eigenvalue weighted by molar-refractivity contribution is 6.03. The monoisotopic (exact) mass is 401 g/mol. The first kappa shape index (κ1) is 20.4. The van der Waals surface area contributed by atoms with Gasteiger partial charge in [0.2, 0.25) is 0 Å². The van der Waals surface area contributed by atoms with Gasteiger partial charge in [0.05, 0.1) is 32.6 Å². The van der Waals surface area contributed by atoms with E-state index in [0.717, 1.165) is 11.3 Å². The summed E-state index contributed by atoms with van der Waals surface area (Å²) in [4.78, 5) is 25.9. The van der Waals surface area contributed by atoms with Crippen molar-refractivity contribution in [3.8, 4) is 5.75 Å². The molecule has 154 valence electrons. The van der Waals surface area contributed by atoms with Crippen LogP contribution in [0.25, 0.3) is 0 Å². The third-order valence-corrected chi connectivity index (χ3v) is 4.71. The normalized spacial score (nSPS) is 14.0. The van der Waals surface area contributed by atoms with Crippen molar-refractivity contribution in [1.29, 1.82) is 0 Å². The lowest BCUT2D eigenvalue weighted by Gasteiger charge is -2.31. The summed E-state index contributed by atoms with van der Waals surface area (Å²) in [5.41, 5.74) is 2.90. The molecule has 0 radical (unpaired) electrons. The molecule has 0 bridgehead atoms. The van der Waals surface area contributed by atoms with Crippen LogP contribution in [-0.2, 0) is 37.5 Å². The number of nitrogens with zero attached hydrogens (tertiary/aromatic N) is 3. The molecule has 0 amide bonds. The number of anilines is 1.